The average molecular weight is 282 g/mol. The molecule has 4 nitrogen and oxygen atoms in total. The van der Waals surface area contributed by atoms with Gasteiger partial charge >= 0.3 is 0 Å². The summed E-state index contributed by atoms with van der Waals surface area (Å²) in [6.07, 6.45) is 9.59. The molecule has 2 atom stereocenters. The summed E-state index contributed by atoms with van der Waals surface area (Å²) in [4.78, 5) is 3.99. The molecule has 0 aromatic carbocycles. The van der Waals surface area contributed by atoms with Crippen LogP contribution in [0.1, 0.15) is 31.2 Å². The quantitative estimate of drug-likeness (QED) is 0.890. The summed E-state index contributed by atoms with van der Waals surface area (Å²) in [5, 5.41) is 3.33. The van der Waals surface area contributed by atoms with Gasteiger partial charge in [-0.15, -0.1) is 0 Å². The van der Waals surface area contributed by atoms with Crippen molar-refractivity contribution in [3.63, 3.8) is 0 Å². The number of pyridine rings is 1. The zero-order valence-electron chi connectivity index (χ0n) is 11.4. The lowest BCUT2D eigenvalue weighted by molar-refractivity contribution is 0.374. The third-order valence-corrected chi connectivity index (χ3v) is 5.47. The van der Waals surface area contributed by atoms with Crippen LogP contribution in [0.5, 0.6) is 0 Å². The minimum Gasteiger partial charge on any atom is -0.314 e. The van der Waals surface area contributed by atoms with E-state index in [0.717, 1.165) is 38.6 Å². The lowest BCUT2D eigenvalue weighted by atomic mass is 9.95. The van der Waals surface area contributed by atoms with Gasteiger partial charge in [-0.05, 0) is 49.9 Å². The number of rotatable bonds is 5. The molecule has 1 aliphatic carbocycles. The van der Waals surface area contributed by atoms with E-state index in [1.807, 2.05) is 12.1 Å². The highest BCUT2D eigenvalue weighted by Crippen LogP contribution is 2.23. The zero-order valence-corrected chi connectivity index (χ0v) is 12.2. The Balaban J connectivity index is 1.77. The van der Waals surface area contributed by atoms with E-state index in [1.165, 1.54) is 11.8 Å². The molecule has 1 aliphatic rings. The van der Waals surface area contributed by atoms with Gasteiger partial charge in [-0.25, -0.2) is 8.42 Å². The first-order chi connectivity index (χ1) is 9.05. The van der Waals surface area contributed by atoms with Crippen LogP contribution in [0.25, 0.3) is 0 Å². The van der Waals surface area contributed by atoms with Crippen LogP contribution in [-0.4, -0.2) is 37.5 Å². The highest BCUT2D eigenvalue weighted by atomic mass is 32.2. The molecular formula is C14H22N2O2S. The van der Waals surface area contributed by atoms with Gasteiger partial charge in [0, 0.05) is 24.7 Å². The highest BCUT2D eigenvalue weighted by Gasteiger charge is 2.28. The molecule has 1 fully saturated rings. The largest absolute Gasteiger partial charge is 0.314 e. The maximum atomic E-state index is 11.6. The number of aromatic nitrogens is 1. The van der Waals surface area contributed by atoms with E-state index in [0.29, 0.717) is 6.04 Å². The van der Waals surface area contributed by atoms with Crippen molar-refractivity contribution in [3.05, 3.63) is 30.1 Å². The molecule has 1 saturated carbocycles. The molecule has 0 spiro atoms. The second-order valence-corrected chi connectivity index (χ2v) is 7.70. The van der Waals surface area contributed by atoms with Crippen LogP contribution < -0.4 is 5.32 Å². The van der Waals surface area contributed by atoms with Gasteiger partial charge in [0.2, 0.25) is 0 Å². The number of hydrogen-bond donors (Lipinski definition) is 1. The van der Waals surface area contributed by atoms with E-state index < -0.39 is 9.84 Å². The lowest BCUT2D eigenvalue weighted by Gasteiger charge is -2.28. The first kappa shape index (κ1) is 14.5. The molecular weight excluding hydrogens is 260 g/mol. The third kappa shape index (κ3) is 4.58. The van der Waals surface area contributed by atoms with E-state index in [9.17, 15) is 8.42 Å². The van der Waals surface area contributed by atoms with Gasteiger partial charge in [0.05, 0.1) is 5.25 Å². The maximum absolute atomic E-state index is 11.6. The normalized spacial score (nSPS) is 24.3. The number of nitrogens with zero attached hydrogens (tertiary/aromatic N) is 1. The summed E-state index contributed by atoms with van der Waals surface area (Å²) in [6.45, 7) is 0.894. The molecule has 0 bridgehead atoms. The predicted octanol–water partition coefficient (Wildman–Crippen LogP) is 1.57. The molecule has 2 unspecified atom stereocenters. The topological polar surface area (TPSA) is 59.1 Å². The van der Waals surface area contributed by atoms with Crippen molar-refractivity contribution in [2.45, 2.75) is 43.4 Å². The Morgan fingerprint density at radius 1 is 1.32 bits per heavy atom. The minimum atomic E-state index is -2.88. The SMILES string of the molecule is CS(=O)(=O)C1CCCC(NCCc2ccncc2)C1. The molecule has 1 N–H and O–H groups in total. The zero-order chi connectivity index (χ0) is 13.7. The van der Waals surface area contributed by atoms with Gasteiger partial charge in [0.15, 0.2) is 0 Å². The van der Waals surface area contributed by atoms with Crippen LogP contribution in [0.3, 0.4) is 0 Å². The number of hydrogen-bond acceptors (Lipinski definition) is 4. The van der Waals surface area contributed by atoms with Crippen molar-refractivity contribution in [3.8, 4) is 0 Å². The highest BCUT2D eigenvalue weighted by molar-refractivity contribution is 7.91. The fourth-order valence-corrected chi connectivity index (χ4v) is 3.87. The van der Waals surface area contributed by atoms with E-state index in [1.54, 1.807) is 12.4 Å². The average Bonchev–Trinajstić information content (AvgIpc) is 2.39. The van der Waals surface area contributed by atoms with Gasteiger partial charge < -0.3 is 5.32 Å². The van der Waals surface area contributed by atoms with Gasteiger partial charge in [-0.3, -0.25) is 4.98 Å². The van der Waals surface area contributed by atoms with E-state index in [4.69, 9.17) is 0 Å². The van der Waals surface area contributed by atoms with Crippen LogP contribution in [-0.2, 0) is 16.3 Å². The maximum Gasteiger partial charge on any atom is 0.150 e. The Morgan fingerprint density at radius 3 is 2.74 bits per heavy atom. The van der Waals surface area contributed by atoms with Crippen molar-refractivity contribution < 1.29 is 8.42 Å². The molecule has 0 amide bonds. The molecule has 19 heavy (non-hydrogen) atoms. The molecule has 5 heteroatoms. The summed E-state index contributed by atoms with van der Waals surface area (Å²) >= 11 is 0. The van der Waals surface area contributed by atoms with Crippen molar-refractivity contribution in [2.24, 2.45) is 0 Å². The number of nitrogens with one attached hydrogen (secondary N) is 1. The van der Waals surface area contributed by atoms with Crippen molar-refractivity contribution in [1.29, 1.82) is 0 Å². The van der Waals surface area contributed by atoms with Crippen LogP contribution in [0.4, 0.5) is 0 Å². The third-order valence-electron chi connectivity index (χ3n) is 3.83. The summed E-state index contributed by atoms with van der Waals surface area (Å²) in [5.74, 6) is 0. The fourth-order valence-electron chi connectivity index (χ4n) is 2.69. The van der Waals surface area contributed by atoms with E-state index >= 15 is 0 Å². The monoisotopic (exact) mass is 282 g/mol. The summed E-state index contributed by atoms with van der Waals surface area (Å²) in [6, 6.07) is 4.37. The second-order valence-electron chi connectivity index (χ2n) is 5.37. The first-order valence-corrected chi connectivity index (χ1v) is 8.82. The Hall–Kier alpha value is -0.940. The van der Waals surface area contributed by atoms with Crippen LogP contribution in [0.15, 0.2) is 24.5 Å². The molecule has 0 saturated heterocycles. The molecule has 1 aromatic heterocycles. The van der Waals surface area contributed by atoms with Crippen molar-refractivity contribution >= 4 is 9.84 Å². The molecule has 2 rings (SSSR count). The first-order valence-electron chi connectivity index (χ1n) is 6.87. The van der Waals surface area contributed by atoms with E-state index in [2.05, 4.69) is 10.3 Å². The van der Waals surface area contributed by atoms with Gasteiger partial charge in [-0.2, -0.15) is 0 Å². The second kappa shape index (κ2) is 6.48. The van der Waals surface area contributed by atoms with Gasteiger partial charge in [0.1, 0.15) is 9.84 Å². The molecule has 106 valence electrons. The lowest BCUT2D eigenvalue weighted by Crippen LogP contribution is -2.39. The molecule has 1 heterocycles. The van der Waals surface area contributed by atoms with Crippen LogP contribution in [0, 0.1) is 0 Å². The van der Waals surface area contributed by atoms with Crippen LogP contribution >= 0.6 is 0 Å². The molecule has 0 aliphatic heterocycles. The van der Waals surface area contributed by atoms with Crippen molar-refractivity contribution in [2.75, 3.05) is 12.8 Å². The molecule has 1 aromatic rings. The summed E-state index contributed by atoms with van der Waals surface area (Å²) in [7, 11) is -2.88. The van der Waals surface area contributed by atoms with Crippen molar-refractivity contribution in [1.82, 2.24) is 10.3 Å². The van der Waals surface area contributed by atoms with E-state index in [-0.39, 0.29) is 5.25 Å². The fraction of sp³-hybridized carbons (Fsp3) is 0.643. The Morgan fingerprint density at radius 2 is 2.05 bits per heavy atom. The summed E-state index contributed by atoms with van der Waals surface area (Å²) in [5.41, 5.74) is 1.26. The minimum absolute atomic E-state index is 0.153. The number of sulfone groups is 1. The Bertz CT molecular complexity index is 487. The Kier molecular flexibility index (Phi) is 4.93. The smallest absolute Gasteiger partial charge is 0.150 e. The Labute approximate surface area is 115 Å². The predicted molar refractivity (Wildman–Crippen MR) is 76.8 cm³/mol. The standard InChI is InChI=1S/C14H22N2O2S/c1-19(17,18)14-4-2-3-13(11-14)16-10-7-12-5-8-15-9-6-12/h5-6,8-9,13-14,16H,2-4,7,10-11H2,1H3. The molecule has 0 radical (unpaired) electrons. The van der Waals surface area contributed by atoms with Gasteiger partial charge in [0.25, 0.3) is 0 Å². The summed E-state index contributed by atoms with van der Waals surface area (Å²) < 4.78 is 23.2. The van der Waals surface area contributed by atoms with Gasteiger partial charge in [-0.1, -0.05) is 6.42 Å². The van der Waals surface area contributed by atoms with Crippen LogP contribution in [0.2, 0.25) is 0 Å².